The number of hydrogen-bond donors (Lipinski definition) is 1. The van der Waals surface area contributed by atoms with Crippen LogP contribution in [0.5, 0.6) is 0 Å². The van der Waals surface area contributed by atoms with Crippen LogP contribution >= 0.6 is 0 Å². The molecule has 0 radical (unpaired) electrons. The Hall–Kier alpha value is -2.88. The number of hydrogen-bond acceptors (Lipinski definition) is 3. The molecule has 4 heteroatoms. The summed E-state index contributed by atoms with van der Waals surface area (Å²) < 4.78 is 1.92. The van der Waals surface area contributed by atoms with Crippen molar-refractivity contribution in [2.24, 2.45) is 0 Å². The Bertz CT molecular complexity index is 831. The summed E-state index contributed by atoms with van der Waals surface area (Å²) in [5, 5.41) is 7.75. The van der Waals surface area contributed by atoms with Gasteiger partial charge in [-0.3, -0.25) is 0 Å². The highest BCUT2D eigenvalue weighted by molar-refractivity contribution is 5.77. The van der Waals surface area contributed by atoms with Gasteiger partial charge in [0.2, 0.25) is 5.95 Å². The summed E-state index contributed by atoms with van der Waals surface area (Å²) in [6, 6.07) is 19.1. The Kier molecular flexibility index (Phi) is 3.42. The number of fused-ring (bicyclic) bond motifs is 1. The first kappa shape index (κ1) is 13.8. The maximum atomic E-state index is 4.37. The van der Waals surface area contributed by atoms with E-state index in [2.05, 4.69) is 76.9 Å². The predicted octanol–water partition coefficient (Wildman–Crippen LogP) is 3.90. The Labute approximate surface area is 135 Å². The first-order valence-corrected chi connectivity index (χ1v) is 7.88. The van der Waals surface area contributed by atoms with Crippen LogP contribution in [0.2, 0.25) is 0 Å². The zero-order chi connectivity index (χ0) is 15.6. The number of anilines is 1. The van der Waals surface area contributed by atoms with E-state index in [9.17, 15) is 0 Å². The summed E-state index contributed by atoms with van der Waals surface area (Å²) in [5.74, 6) is 0.774. The van der Waals surface area contributed by atoms with Gasteiger partial charge >= 0.3 is 0 Å². The molecule has 4 nitrogen and oxygen atoms in total. The molecule has 114 valence electrons. The van der Waals surface area contributed by atoms with Crippen LogP contribution in [-0.2, 0) is 6.42 Å². The number of nitrogens with one attached hydrogen (secondary N) is 1. The van der Waals surface area contributed by atoms with Gasteiger partial charge in [-0.05, 0) is 29.2 Å². The van der Waals surface area contributed by atoms with Crippen molar-refractivity contribution in [2.75, 3.05) is 5.32 Å². The number of benzene rings is 2. The third kappa shape index (κ3) is 2.52. The van der Waals surface area contributed by atoms with Crippen molar-refractivity contribution in [3.8, 4) is 0 Å². The van der Waals surface area contributed by atoms with E-state index in [4.69, 9.17) is 0 Å². The van der Waals surface area contributed by atoms with Crippen molar-refractivity contribution in [3.63, 3.8) is 0 Å². The van der Waals surface area contributed by atoms with Gasteiger partial charge in [0.1, 0.15) is 12.4 Å². The van der Waals surface area contributed by atoms with Crippen molar-refractivity contribution in [1.29, 1.82) is 0 Å². The van der Waals surface area contributed by atoms with Crippen LogP contribution in [0.4, 0.5) is 5.95 Å². The molecule has 1 N–H and O–H groups in total. The molecule has 0 amide bonds. The van der Waals surface area contributed by atoms with Crippen LogP contribution in [0.3, 0.4) is 0 Å². The lowest BCUT2D eigenvalue weighted by molar-refractivity contribution is 0.612. The molecule has 0 spiro atoms. The van der Waals surface area contributed by atoms with Gasteiger partial charge in [-0.2, -0.15) is 10.1 Å². The second-order valence-corrected chi connectivity index (χ2v) is 5.64. The van der Waals surface area contributed by atoms with Crippen molar-refractivity contribution in [2.45, 2.75) is 19.4 Å². The quantitative estimate of drug-likeness (QED) is 0.798. The third-order valence-electron chi connectivity index (χ3n) is 4.22. The van der Waals surface area contributed by atoms with E-state index in [-0.39, 0.29) is 6.04 Å². The second-order valence-electron chi connectivity index (χ2n) is 5.64. The third-order valence-corrected chi connectivity index (χ3v) is 4.22. The summed E-state index contributed by atoms with van der Waals surface area (Å²) in [6.07, 6.45) is 4.85. The highest BCUT2D eigenvalue weighted by Gasteiger charge is 2.23. The van der Waals surface area contributed by atoms with Crippen LogP contribution in [0.1, 0.15) is 29.7 Å². The number of aromatic nitrogens is 3. The van der Waals surface area contributed by atoms with E-state index < -0.39 is 0 Å². The standard InChI is InChI=1S/C19H18N4/c1-2-14-8-10-15(11-9-14)17-12-18(16-6-4-3-5-7-16)23-19(22-17)20-13-21-23/h3-13,18H,2H2,1H3,(H,20,21,22). The summed E-state index contributed by atoms with van der Waals surface area (Å²) in [7, 11) is 0. The molecule has 1 unspecified atom stereocenters. The summed E-state index contributed by atoms with van der Waals surface area (Å²) >= 11 is 0. The molecule has 0 aliphatic carbocycles. The molecule has 0 fully saturated rings. The molecule has 0 saturated carbocycles. The van der Waals surface area contributed by atoms with Crippen LogP contribution < -0.4 is 5.32 Å². The molecule has 0 bridgehead atoms. The van der Waals surface area contributed by atoms with Gasteiger partial charge in [-0.1, -0.05) is 61.5 Å². The lowest BCUT2D eigenvalue weighted by atomic mass is 10.0. The molecular formula is C19H18N4. The van der Waals surface area contributed by atoms with Gasteiger partial charge in [0, 0.05) is 5.70 Å². The second kappa shape index (κ2) is 5.72. The fourth-order valence-electron chi connectivity index (χ4n) is 2.91. The first-order chi connectivity index (χ1) is 11.3. The van der Waals surface area contributed by atoms with Crippen molar-refractivity contribution < 1.29 is 0 Å². The minimum absolute atomic E-state index is 0.0517. The van der Waals surface area contributed by atoms with Crippen molar-refractivity contribution in [1.82, 2.24) is 14.8 Å². The summed E-state index contributed by atoms with van der Waals surface area (Å²) in [6.45, 7) is 2.17. The molecule has 2 heterocycles. The molecule has 1 aromatic heterocycles. The van der Waals surface area contributed by atoms with Gasteiger partial charge in [0.15, 0.2) is 0 Å². The average Bonchev–Trinajstić information content (AvgIpc) is 3.10. The lowest BCUT2D eigenvalue weighted by Gasteiger charge is -2.24. The van der Waals surface area contributed by atoms with E-state index in [0.29, 0.717) is 0 Å². The Morgan fingerprint density at radius 2 is 1.83 bits per heavy atom. The molecule has 2 aromatic carbocycles. The van der Waals surface area contributed by atoms with E-state index in [1.54, 1.807) is 6.33 Å². The normalized spacial score (nSPS) is 16.4. The number of allylic oxidation sites excluding steroid dienone is 1. The number of nitrogens with zero attached hydrogens (tertiary/aromatic N) is 3. The Balaban J connectivity index is 1.77. The fourth-order valence-corrected chi connectivity index (χ4v) is 2.91. The van der Waals surface area contributed by atoms with E-state index in [1.165, 1.54) is 11.1 Å². The van der Waals surface area contributed by atoms with Crippen molar-refractivity contribution >= 4 is 11.6 Å². The highest BCUT2D eigenvalue weighted by atomic mass is 15.4. The van der Waals surface area contributed by atoms with Gasteiger partial charge in [-0.15, -0.1) is 0 Å². The number of rotatable bonds is 3. The Morgan fingerprint density at radius 3 is 2.57 bits per heavy atom. The zero-order valence-electron chi connectivity index (χ0n) is 13.0. The fraction of sp³-hybridized carbons (Fsp3) is 0.158. The maximum absolute atomic E-state index is 4.37. The lowest BCUT2D eigenvalue weighted by Crippen LogP contribution is -2.20. The highest BCUT2D eigenvalue weighted by Crippen LogP contribution is 2.31. The van der Waals surface area contributed by atoms with Gasteiger partial charge in [0.05, 0.1) is 0 Å². The summed E-state index contributed by atoms with van der Waals surface area (Å²) in [4.78, 5) is 4.34. The van der Waals surface area contributed by atoms with E-state index in [0.717, 1.165) is 23.6 Å². The Morgan fingerprint density at radius 1 is 1.04 bits per heavy atom. The molecule has 4 rings (SSSR count). The van der Waals surface area contributed by atoms with Crippen LogP contribution in [-0.4, -0.2) is 14.8 Å². The van der Waals surface area contributed by atoms with E-state index in [1.807, 2.05) is 10.7 Å². The minimum Gasteiger partial charge on any atom is -0.324 e. The van der Waals surface area contributed by atoms with Crippen LogP contribution in [0.15, 0.2) is 67.0 Å². The number of aryl methyl sites for hydroxylation is 1. The minimum atomic E-state index is 0.0517. The smallest absolute Gasteiger partial charge is 0.226 e. The molecule has 1 atom stereocenters. The molecule has 1 aliphatic rings. The molecule has 3 aromatic rings. The van der Waals surface area contributed by atoms with Gasteiger partial charge < -0.3 is 5.32 Å². The van der Waals surface area contributed by atoms with Gasteiger partial charge in [0.25, 0.3) is 0 Å². The van der Waals surface area contributed by atoms with Gasteiger partial charge in [-0.25, -0.2) is 4.68 Å². The summed E-state index contributed by atoms with van der Waals surface area (Å²) in [5.41, 5.74) is 4.77. The topological polar surface area (TPSA) is 42.7 Å². The van der Waals surface area contributed by atoms with Crippen LogP contribution in [0.25, 0.3) is 5.70 Å². The molecular weight excluding hydrogens is 284 g/mol. The molecule has 0 saturated heterocycles. The predicted molar refractivity (Wildman–Crippen MR) is 92.0 cm³/mol. The monoisotopic (exact) mass is 302 g/mol. The largest absolute Gasteiger partial charge is 0.324 e. The van der Waals surface area contributed by atoms with Crippen LogP contribution in [0, 0.1) is 0 Å². The first-order valence-electron chi connectivity index (χ1n) is 7.88. The molecule has 1 aliphatic heterocycles. The average molecular weight is 302 g/mol. The molecule has 23 heavy (non-hydrogen) atoms. The van der Waals surface area contributed by atoms with Crippen molar-refractivity contribution in [3.05, 3.63) is 83.7 Å². The van der Waals surface area contributed by atoms with E-state index >= 15 is 0 Å². The SMILES string of the molecule is CCc1ccc(C2=CC(c3ccccc3)n3ncnc3N2)cc1. The zero-order valence-corrected chi connectivity index (χ0v) is 13.0. The maximum Gasteiger partial charge on any atom is 0.226 e.